The van der Waals surface area contributed by atoms with E-state index < -0.39 is 0 Å². The van der Waals surface area contributed by atoms with Gasteiger partial charge in [0.25, 0.3) is 0 Å². The van der Waals surface area contributed by atoms with Gasteiger partial charge in [-0.25, -0.2) is 9.50 Å². The number of rotatable bonds is 10. The normalized spacial score (nSPS) is 20.2. The van der Waals surface area contributed by atoms with E-state index in [1.165, 1.54) is 6.42 Å². The van der Waals surface area contributed by atoms with E-state index in [-0.39, 0.29) is 23.8 Å². The minimum Gasteiger partial charge on any atom is -0.381 e. The first-order valence-electron chi connectivity index (χ1n) is 20.1. The van der Waals surface area contributed by atoms with Crippen LogP contribution in [0.25, 0.3) is 27.5 Å². The van der Waals surface area contributed by atoms with Gasteiger partial charge in [-0.1, -0.05) is 17.4 Å². The molecule has 4 aliphatic heterocycles. The molecule has 294 valence electrons. The first-order valence-corrected chi connectivity index (χ1v) is 20.9. The third-order valence-electron chi connectivity index (χ3n) is 11.9. The number of anilines is 3. The molecule has 0 radical (unpaired) electrons. The Morgan fingerprint density at radius 3 is 2.51 bits per heavy atom. The molecule has 16 heteroatoms. The third-order valence-corrected chi connectivity index (χ3v) is 12.9. The highest BCUT2D eigenvalue weighted by Gasteiger charge is 2.29. The van der Waals surface area contributed by atoms with E-state index in [1.807, 2.05) is 41.0 Å². The minimum absolute atomic E-state index is 0.195. The van der Waals surface area contributed by atoms with Crippen LogP contribution in [0.15, 0.2) is 55.0 Å². The fourth-order valence-corrected chi connectivity index (χ4v) is 9.35. The van der Waals surface area contributed by atoms with Crippen LogP contribution in [0, 0.1) is 17.2 Å². The highest BCUT2D eigenvalue weighted by molar-refractivity contribution is 7.18. The highest BCUT2D eigenvalue weighted by Crippen LogP contribution is 2.37. The van der Waals surface area contributed by atoms with Gasteiger partial charge >= 0.3 is 0 Å². The quantitative estimate of drug-likeness (QED) is 0.187. The molecule has 1 atom stereocenters. The van der Waals surface area contributed by atoms with Crippen LogP contribution in [-0.2, 0) is 14.3 Å². The van der Waals surface area contributed by atoms with Crippen LogP contribution < -0.4 is 20.4 Å². The summed E-state index contributed by atoms with van der Waals surface area (Å²) >= 11 is 1.61. The fourth-order valence-electron chi connectivity index (χ4n) is 8.43. The van der Waals surface area contributed by atoms with Crippen LogP contribution in [0.2, 0.25) is 0 Å². The highest BCUT2D eigenvalue weighted by atomic mass is 32.1. The van der Waals surface area contributed by atoms with Crippen molar-refractivity contribution in [3.63, 3.8) is 0 Å². The first-order chi connectivity index (χ1) is 28.0. The summed E-state index contributed by atoms with van der Waals surface area (Å²) in [5.74, 6) is 0.936. The van der Waals surface area contributed by atoms with Gasteiger partial charge in [0.15, 0.2) is 5.01 Å². The van der Waals surface area contributed by atoms with Crippen molar-refractivity contribution >= 4 is 45.3 Å². The molecule has 0 aliphatic carbocycles. The van der Waals surface area contributed by atoms with Crippen LogP contribution in [0.5, 0.6) is 0 Å². The lowest BCUT2D eigenvalue weighted by Crippen LogP contribution is -2.47. The van der Waals surface area contributed by atoms with Crippen molar-refractivity contribution in [2.24, 2.45) is 5.92 Å². The molecule has 5 aromatic heterocycles. The molecule has 9 rings (SSSR count). The molecule has 5 aromatic rings. The molecule has 4 saturated heterocycles. The number of piperazine rings is 1. The van der Waals surface area contributed by atoms with Gasteiger partial charge in [0.2, 0.25) is 16.9 Å². The number of amides is 2. The number of imide groups is 1. The number of carbonyl (C=O) groups excluding carboxylic acids is 2. The maximum absolute atomic E-state index is 12.3. The molecule has 0 aromatic carbocycles. The molecule has 0 bridgehead atoms. The van der Waals surface area contributed by atoms with Gasteiger partial charge in [0, 0.05) is 83.0 Å². The molecule has 0 unspecified atom stereocenters. The zero-order valence-electron chi connectivity index (χ0n) is 31.8. The topological polar surface area (TPSA) is 170 Å². The SMILES string of the molecule is N#Cc1cnn2c(-c3cc(NC4CCOCC4)c(-c4nnc(N5CCN(CCC6CCN(c7ccc([C@H]8CCC(=O)NC8=O)cn7)CC6)CC5)s4)cn3)ccc2c1. The van der Waals surface area contributed by atoms with Gasteiger partial charge in [-0.05, 0) is 86.9 Å². The number of fused-ring (bicyclic) bond motifs is 1. The second-order valence-corrected chi connectivity index (χ2v) is 16.4. The molecule has 4 aliphatic rings. The largest absolute Gasteiger partial charge is 0.381 e. The molecular formula is C41H46N12O3S. The van der Waals surface area contributed by atoms with Gasteiger partial charge in [-0.15, -0.1) is 10.2 Å². The Morgan fingerprint density at radius 2 is 1.74 bits per heavy atom. The lowest BCUT2D eigenvalue weighted by atomic mass is 9.91. The van der Waals surface area contributed by atoms with E-state index in [0.717, 1.165) is 134 Å². The number of hydrogen-bond acceptors (Lipinski definition) is 14. The Morgan fingerprint density at radius 1 is 0.895 bits per heavy atom. The van der Waals surface area contributed by atoms with Crippen molar-refractivity contribution in [3.8, 4) is 28.0 Å². The van der Waals surface area contributed by atoms with E-state index >= 15 is 0 Å². The maximum atomic E-state index is 12.3. The van der Waals surface area contributed by atoms with Crippen molar-refractivity contribution in [1.29, 1.82) is 5.26 Å². The number of ether oxygens (including phenoxy) is 1. The number of nitriles is 1. The van der Waals surface area contributed by atoms with Gasteiger partial charge < -0.3 is 19.9 Å². The van der Waals surface area contributed by atoms with Crippen LogP contribution in [0.3, 0.4) is 0 Å². The van der Waals surface area contributed by atoms with Crippen molar-refractivity contribution in [1.82, 2.24) is 40.0 Å². The molecule has 2 amide bonds. The lowest BCUT2D eigenvalue weighted by Gasteiger charge is -2.36. The Bertz CT molecular complexity index is 2260. The number of hydrogen-bond donors (Lipinski definition) is 2. The Balaban J connectivity index is 0.786. The predicted octanol–water partition coefficient (Wildman–Crippen LogP) is 4.72. The van der Waals surface area contributed by atoms with Crippen LogP contribution in [0.1, 0.15) is 62.0 Å². The van der Waals surface area contributed by atoms with Crippen molar-refractivity contribution < 1.29 is 14.3 Å². The molecular weight excluding hydrogens is 741 g/mol. The molecule has 0 spiro atoms. The first kappa shape index (κ1) is 37.1. The monoisotopic (exact) mass is 786 g/mol. The van der Waals surface area contributed by atoms with E-state index in [4.69, 9.17) is 14.7 Å². The molecule has 57 heavy (non-hydrogen) atoms. The van der Waals surface area contributed by atoms with Crippen molar-refractivity contribution in [2.45, 2.75) is 56.9 Å². The molecule has 15 nitrogen and oxygen atoms in total. The van der Waals surface area contributed by atoms with Crippen LogP contribution >= 0.6 is 11.3 Å². The summed E-state index contributed by atoms with van der Waals surface area (Å²) in [6.45, 7) is 8.37. The fraction of sp³-hybridized carbons (Fsp3) is 0.463. The molecule has 2 N–H and O–H groups in total. The zero-order chi connectivity index (χ0) is 38.7. The Kier molecular flexibility index (Phi) is 10.8. The number of piperidine rings is 2. The Hall–Kier alpha value is -5.50. The zero-order valence-corrected chi connectivity index (χ0v) is 32.7. The number of pyridine rings is 2. The number of nitrogens with zero attached hydrogens (tertiary/aromatic N) is 10. The summed E-state index contributed by atoms with van der Waals surface area (Å²) in [5.41, 5.74) is 5.77. The minimum atomic E-state index is -0.301. The average molecular weight is 787 g/mol. The Labute approximate surface area is 335 Å². The summed E-state index contributed by atoms with van der Waals surface area (Å²) in [6, 6.07) is 14.3. The number of nitrogens with one attached hydrogen (secondary N) is 2. The molecule has 4 fully saturated rings. The summed E-state index contributed by atoms with van der Waals surface area (Å²) in [6.07, 6.45) is 11.5. The van der Waals surface area contributed by atoms with E-state index in [2.05, 4.69) is 52.8 Å². The summed E-state index contributed by atoms with van der Waals surface area (Å²) in [4.78, 5) is 40.7. The standard InChI is InChI=1S/C41H46N12O3S/c42-23-28-21-31-2-4-36(53(31)45-24-28)35-22-34(46-30-10-19-56-20-11-30)33(26-43-35)40-48-49-41(57-40)52-17-15-50(16-18-52)12-7-27-8-13-51(14-9-27)37-5-1-29(25-44-37)32-3-6-38(54)47-39(32)55/h1-2,4-5,21-22,24-27,30,32H,3,6-20H2,(H,43,46)(H,47,54,55)/t32-/m1/s1. The lowest BCUT2D eigenvalue weighted by molar-refractivity contribution is -0.134. The second-order valence-electron chi connectivity index (χ2n) is 15.4. The average Bonchev–Trinajstić information content (AvgIpc) is 3.92. The van der Waals surface area contributed by atoms with Gasteiger partial charge in [-0.3, -0.25) is 24.8 Å². The van der Waals surface area contributed by atoms with E-state index in [1.54, 1.807) is 23.7 Å². The second kappa shape index (κ2) is 16.5. The smallest absolute Gasteiger partial charge is 0.234 e. The van der Waals surface area contributed by atoms with E-state index in [0.29, 0.717) is 24.3 Å². The van der Waals surface area contributed by atoms with E-state index in [9.17, 15) is 14.9 Å². The number of aromatic nitrogens is 6. The maximum Gasteiger partial charge on any atom is 0.234 e. The third kappa shape index (κ3) is 8.18. The summed E-state index contributed by atoms with van der Waals surface area (Å²) in [7, 11) is 0. The molecule has 9 heterocycles. The molecule has 0 saturated carbocycles. The van der Waals surface area contributed by atoms with Gasteiger partial charge in [-0.2, -0.15) is 10.4 Å². The van der Waals surface area contributed by atoms with Gasteiger partial charge in [0.05, 0.1) is 40.1 Å². The predicted molar refractivity (Wildman–Crippen MR) is 217 cm³/mol. The van der Waals surface area contributed by atoms with Crippen LogP contribution in [0.4, 0.5) is 16.6 Å². The van der Waals surface area contributed by atoms with Crippen molar-refractivity contribution in [2.75, 3.05) is 74.1 Å². The van der Waals surface area contributed by atoms with Gasteiger partial charge in [0.1, 0.15) is 11.9 Å². The van der Waals surface area contributed by atoms with Crippen LogP contribution in [-0.4, -0.2) is 112 Å². The summed E-state index contributed by atoms with van der Waals surface area (Å²) < 4.78 is 7.45. The summed E-state index contributed by atoms with van der Waals surface area (Å²) in [5, 5.41) is 31.2. The van der Waals surface area contributed by atoms with Crippen molar-refractivity contribution in [3.05, 3.63) is 66.1 Å². The number of carbonyl (C=O) groups is 2.